The number of aryl methyl sites for hydroxylation is 3. The summed E-state index contributed by atoms with van der Waals surface area (Å²) < 4.78 is 1.79. The summed E-state index contributed by atoms with van der Waals surface area (Å²) >= 11 is 1.59. The van der Waals surface area contributed by atoms with Crippen molar-refractivity contribution in [2.24, 2.45) is 0 Å². The molecule has 0 aliphatic heterocycles. The highest BCUT2D eigenvalue weighted by Gasteiger charge is 2.17. The largest absolute Gasteiger partial charge is 0.480 e. The first-order valence-corrected chi connectivity index (χ1v) is 7.59. The molecule has 0 saturated heterocycles. The van der Waals surface area contributed by atoms with E-state index < -0.39 is 5.97 Å². The van der Waals surface area contributed by atoms with Crippen LogP contribution in [0.2, 0.25) is 0 Å². The number of aliphatic carboxylic acids is 1. The molecule has 0 bridgehead atoms. The highest BCUT2D eigenvalue weighted by Crippen LogP contribution is 2.32. The molecule has 108 valence electrons. The van der Waals surface area contributed by atoms with E-state index in [0.717, 1.165) is 38.4 Å². The molecule has 1 aromatic carbocycles. The summed E-state index contributed by atoms with van der Waals surface area (Å²) in [4.78, 5) is 16.9. The fraction of sp³-hybridized carbons (Fsp3) is 0.250. The summed E-state index contributed by atoms with van der Waals surface area (Å²) in [7, 11) is 0. The normalized spacial score (nSPS) is 11.2. The van der Waals surface area contributed by atoms with Crippen molar-refractivity contribution in [3.8, 4) is 10.7 Å². The molecule has 0 spiro atoms. The second kappa shape index (κ2) is 5.00. The number of carbonyl (C=O) groups is 1. The van der Waals surface area contributed by atoms with Crippen LogP contribution in [0, 0.1) is 20.8 Å². The van der Waals surface area contributed by atoms with E-state index in [1.807, 2.05) is 44.4 Å². The highest BCUT2D eigenvalue weighted by atomic mass is 32.1. The van der Waals surface area contributed by atoms with Gasteiger partial charge in [-0.15, -0.1) is 11.3 Å². The smallest absolute Gasteiger partial charge is 0.323 e. The molecule has 4 nitrogen and oxygen atoms in total. The molecule has 3 aromatic rings. The first-order valence-electron chi connectivity index (χ1n) is 6.71. The lowest BCUT2D eigenvalue weighted by atomic mass is 10.1. The summed E-state index contributed by atoms with van der Waals surface area (Å²) in [6.45, 7) is 6.02. The van der Waals surface area contributed by atoms with Crippen molar-refractivity contribution in [1.29, 1.82) is 0 Å². The number of hydrogen-bond donors (Lipinski definition) is 1. The van der Waals surface area contributed by atoms with Gasteiger partial charge >= 0.3 is 5.97 Å². The Bertz CT molecular complexity index is 845. The zero-order chi connectivity index (χ0) is 15.1. The van der Waals surface area contributed by atoms with Gasteiger partial charge in [-0.1, -0.05) is 0 Å². The number of benzene rings is 1. The zero-order valence-corrected chi connectivity index (χ0v) is 13.0. The molecule has 2 aromatic heterocycles. The lowest BCUT2D eigenvalue weighted by Crippen LogP contribution is -2.10. The van der Waals surface area contributed by atoms with Crippen molar-refractivity contribution < 1.29 is 9.90 Å². The van der Waals surface area contributed by atoms with Gasteiger partial charge in [0.25, 0.3) is 0 Å². The third-order valence-corrected chi connectivity index (χ3v) is 4.73. The third kappa shape index (κ3) is 2.34. The van der Waals surface area contributed by atoms with Crippen molar-refractivity contribution in [3.05, 3.63) is 40.3 Å². The molecule has 0 aliphatic rings. The number of hydrogen-bond acceptors (Lipinski definition) is 3. The molecular weight excluding hydrogens is 284 g/mol. The second-order valence-corrected chi connectivity index (χ2v) is 6.19. The number of nitrogens with zero attached hydrogens (tertiary/aromatic N) is 2. The Morgan fingerprint density at radius 2 is 1.95 bits per heavy atom. The number of carboxylic acids is 1. The summed E-state index contributed by atoms with van der Waals surface area (Å²) in [5.41, 5.74) is 5.15. The Hall–Kier alpha value is -2.14. The van der Waals surface area contributed by atoms with Gasteiger partial charge in [0.2, 0.25) is 0 Å². The van der Waals surface area contributed by atoms with Gasteiger partial charge in [0.1, 0.15) is 6.54 Å². The van der Waals surface area contributed by atoms with Gasteiger partial charge in [-0.05, 0) is 61.0 Å². The molecule has 21 heavy (non-hydrogen) atoms. The van der Waals surface area contributed by atoms with Crippen LogP contribution in [0.15, 0.2) is 23.6 Å². The van der Waals surface area contributed by atoms with E-state index in [0.29, 0.717) is 0 Å². The summed E-state index contributed by atoms with van der Waals surface area (Å²) in [5.74, 6) is -0.118. The van der Waals surface area contributed by atoms with Crippen LogP contribution in [0.1, 0.15) is 16.7 Å². The van der Waals surface area contributed by atoms with Crippen LogP contribution in [0.5, 0.6) is 0 Å². The average molecular weight is 300 g/mol. The second-order valence-electron chi connectivity index (χ2n) is 5.27. The lowest BCUT2D eigenvalue weighted by Gasteiger charge is -2.07. The molecule has 1 N–H and O–H groups in total. The first-order chi connectivity index (χ1) is 9.97. The maximum Gasteiger partial charge on any atom is 0.323 e. The monoisotopic (exact) mass is 300 g/mol. The minimum atomic E-state index is -0.858. The maximum atomic E-state index is 11.2. The van der Waals surface area contributed by atoms with Crippen LogP contribution in [0.4, 0.5) is 0 Å². The molecule has 0 amide bonds. The van der Waals surface area contributed by atoms with Gasteiger partial charge in [-0.25, -0.2) is 4.98 Å². The van der Waals surface area contributed by atoms with Crippen LogP contribution in [0.25, 0.3) is 21.7 Å². The number of thiophene rings is 1. The molecule has 0 radical (unpaired) electrons. The SMILES string of the molecule is Cc1cc2nc(-c3sccc3C)n(CC(=O)O)c2cc1C. The van der Waals surface area contributed by atoms with E-state index in [2.05, 4.69) is 4.98 Å². The van der Waals surface area contributed by atoms with Crippen molar-refractivity contribution >= 4 is 28.3 Å². The van der Waals surface area contributed by atoms with Crippen LogP contribution in [-0.2, 0) is 11.3 Å². The minimum absolute atomic E-state index is 0.0777. The van der Waals surface area contributed by atoms with Gasteiger partial charge in [0, 0.05) is 0 Å². The van der Waals surface area contributed by atoms with E-state index in [1.54, 1.807) is 15.9 Å². The highest BCUT2D eigenvalue weighted by molar-refractivity contribution is 7.13. The van der Waals surface area contributed by atoms with Gasteiger partial charge in [0.05, 0.1) is 15.9 Å². The Morgan fingerprint density at radius 3 is 2.57 bits per heavy atom. The van der Waals surface area contributed by atoms with E-state index in [1.165, 1.54) is 0 Å². The lowest BCUT2D eigenvalue weighted by molar-refractivity contribution is -0.137. The molecule has 0 aliphatic carbocycles. The first kappa shape index (κ1) is 13.8. The number of fused-ring (bicyclic) bond motifs is 1. The Kier molecular flexibility index (Phi) is 3.29. The summed E-state index contributed by atoms with van der Waals surface area (Å²) in [6, 6.07) is 6.07. The predicted octanol–water partition coefficient (Wildman–Crippen LogP) is 3.77. The predicted molar refractivity (Wildman–Crippen MR) is 84.9 cm³/mol. The Balaban J connectivity index is 2.33. The standard InChI is InChI=1S/C16H16N2O2S/c1-9-4-5-21-15(9)16-17-12-6-10(2)11(3)7-13(12)18(16)8-14(19)20/h4-7H,8H2,1-3H3,(H,19,20). The third-order valence-electron chi connectivity index (χ3n) is 3.72. The van der Waals surface area contributed by atoms with Crippen molar-refractivity contribution in [2.75, 3.05) is 0 Å². The fourth-order valence-corrected chi connectivity index (χ4v) is 3.37. The van der Waals surface area contributed by atoms with Gasteiger partial charge < -0.3 is 9.67 Å². The van der Waals surface area contributed by atoms with Crippen LogP contribution >= 0.6 is 11.3 Å². The maximum absolute atomic E-state index is 11.2. The number of carboxylic acid groups (broad SMARTS) is 1. The Labute approximate surface area is 126 Å². The van der Waals surface area contributed by atoms with Crippen molar-refractivity contribution in [2.45, 2.75) is 27.3 Å². The minimum Gasteiger partial charge on any atom is -0.480 e. The molecule has 0 saturated carbocycles. The van der Waals surface area contributed by atoms with Gasteiger partial charge in [-0.2, -0.15) is 0 Å². The fourth-order valence-electron chi connectivity index (χ4n) is 2.45. The molecule has 5 heteroatoms. The molecule has 0 fully saturated rings. The van der Waals surface area contributed by atoms with E-state index in [4.69, 9.17) is 0 Å². The van der Waals surface area contributed by atoms with E-state index >= 15 is 0 Å². The number of rotatable bonds is 3. The molecule has 0 atom stereocenters. The Morgan fingerprint density at radius 1 is 1.24 bits per heavy atom. The van der Waals surface area contributed by atoms with E-state index in [9.17, 15) is 9.90 Å². The number of imidazole rings is 1. The molecule has 0 unspecified atom stereocenters. The van der Waals surface area contributed by atoms with Gasteiger partial charge in [-0.3, -0.25) is 4.79 Å². The number of aromatic nitrogens is 2. The molecular formula is C16H16N2O2S. The molecule has 3 rings (SSSR count). The molecule has 2 heterocycles. The topological polar surface area (TPSA) is 55.1 Å². The van der Waals surface area contributed by atoms with Crippen molar-refractivity contribution in [1.82, 2.24) is 9.55 Å². The summed E-state index contributed by atoms with van der Waals surface area (Å²) in [6.07, 6.45) is 0. The van der Waals surface area contributed by atoms with Gasteiger partial charge in [0.15, 0.2) is 5.82 Å². The van der Waals surface area contributed by atoms with Crippen molar-refractivity contribution in [3.63, 3.8) is 0 Å². The van der Waals surface area contributed by atoms with Crippen LogP contribution < -0.4 is 0 Å². The van der Waals surface area contributed by atoms with Crippen LogP contribution in [0.3, 0.4) is 0 Å². The van der Waals surface area contributed by atoms with E-state index in [-0.39, 0.29) is 6.54 Å². The van der Waals surface area contributed by atoms with Crippen LogP contribution in [-0.4, -0.2) is 20.6 Å². The quantitative estimate of drug-likeness (QED) is 0.801. The summed E-state index contributed by atoms with van der Waals surface area (Å²) in [5, 5.41) is 11.2. The zero-order valence-electron chi connectivity index (χ0n) is 12.2. The average Bonchev–Trinajstić information content (AvgIpc) is 2.95.